The molecule has 1 aliphatic rings. The first kappa shape index (κ1) is 18.9. The smallest absolute Gasteiger partial charge is 0.259 e. The van der Waals surface area contributed by atoms with Crippen LogP contribution in [0.25, 0.3) is 0 Å². The third kappa shape index (κ3) is 2.99. The second-order valence-corrected chi connectivity index (χ2v) is 7.41. The van der Waals surface area contributed by atoms with Crippen LogP contribution in [0, 0.1) is 0 Å². The number of hydrogen-bond donors (Lipinski definition) is 0. The van der Waals surface area contributed by atoms with Gasteiger partial charge in [0.2, 0.25) is 0 Å². The Morgan fingerprint density at radius 3 is 1.45 bits per heavy atom. The first-order valence-corrected chi connectivity index (χ1v) is 9.76. The molecular weight excluding hydrogens is 358 g/mol. The van der Waals surface area contributed by atoms with E-state index in [0.29, 0.717) is 12.1 Å². The van der Waals surface area contributed by atoms with Gasteiger partial charge in [-0.2, -0.15) is 0 Å². The van der Waals surface area contributed by atoms with E-state index >= 15 is 0 Å². The van der Waals surface area contributed by atoms with Crippen molar-refractivity contribution in [3.8, 4) is 0 Å². The maximum absolute atomic E-state index is 13.6. The molecule has 0 radical (unpaired) electrons. The van der Waals surface area contributed by atoms with Crippen LogP contribution < -0.4 is 0 Å². The largest absolute Gasteiger partial charge is 0.316 e. The van der Waals surface area contributed by atoms with Crippen molar-refractivity contribution in [2.45, 2.75) is 19.4 Å². The molecule has 1 aliphatic heterocycles. The minimum atomic E-state index is -0.834. The lowest BCUT2D eigenvalue weighted by molar-refractivity contribution is -0.130. The molecule has 0 fully saturated rings. The normalized spacial score (nSPS) is 14.4. The summed E-state index contributed by atoms with van der Waals surface area (Å²) in [5.41, 5.74) is 3.25. The van der Waals surface area contributed by atoms with Gasteiger partial charge in [-0.15, -0.1) is 0 Å². The number of benzene rings is 3. The summed E-state index contributed by atoms with van der Waals surface area (Å²) < 4.78 is 0. The summed E-state index contributed by atoms with van der Waals surface area (Å²) in [6.45, 7) is 3.75. The Morgan fingerprint density at radius 2 is 1.14 bits per heavy atom. The molecule has 0 unspecified atom stereocenters. The molecule has 0 aliphatic carbocycles. The fraction of sp³-hybridized carbons (Fsp3) is 0.154. The molecule has 0 atom stereocenters. The zero-order valence-electron chi connectivity index (χ0n) is 16.6. The van der Waals surface area contributed by atoms with E-state index < -0.39 is 5.54 Å². The number of hydrogen-bond acceptors (Lipinski definition) is 2. The monoisotopic (exact) mass is 381 g/mol. The molecule has 4 rings (SSSR count). The topological polar surface area (TPSA) is 37.4 Å². The highest BCUT2D eigenvalue weighted by Gasteiger charge is 2.48. The van der Waals surface area contributed by atoms with Crippen molar-refractivity contribution in [3.63, 3.8) is 0 Å². The summed E-state index contributed by atoms with van der Waals surface area (Å²) in [5, 5.41) is 0. The van der Waals surface area contributed by atoms with Gasteiger partial charge in [-0.25, -0.2) is 0 Å². The molecule has 3 aromatic carbocycles. The summed E-state index contributed by atoms with van der Waals surface area (Å²) >= 11 is 0. The zero-order chi connectivity index (χ0) is 20.4. The van der Waals surface area contributed by atoms with Crippen molar-refractivity contribution in [2.75, 3.05) is 6.54 Å². The van der Waals surface area contributed by atoms with Crippen molar-refractivity contribution < 1.29 is 9.59 Å². The fourth-order valence-electron chi connectivity index (χ4n) is 4.43. The van der Waals surface area contributed by atoms with E-state index in [9.17, 15) is 9.59 Å². The van der Waals surface area contributed by atoms with Gasteiger partial charge in [-0.1, -0.05) is 91.0 Å². The molecule has 1 heterocycles. The minimum absolute atomic E-state index is 0.182. The van der Waals surface area contributed by atoms with E-state index in [2.05, 4.69) is 0 Å². The summed E-state index contributed by atoms with van der Waals surface area (Å²) in [6, 6.07) is 30.2. The van der Waals surface area contributed by atoms with E-state index in [-0.39, 0.29) is 11.7 Å². The van der Waals surface area contributed by atoms with Gasteiger partial charge in [0.05, 0.1) is 5.57 Å². The highest BCUT2D eigenvalue weighted by molar-refractivity contribution is 6.21. The van der Waals surface area contributed by atoms with Gasteiger partial charge in [0, 0.05) is 6.54 Å². The lowest BCUT2D eigenvalue weighted by Crippen LogP contribution is -2.50. The van der Waals surface area contributed by atoms with Gasteiger partial charge in [0.25, 0.3) is 5.91 Å². The fourth-order valence-corrected chi connectivity index (χ4v) is 4.43. The molecule has 3 nitrogen and oxygen atoms in total. The van der Waals surface area contributed by atoms with Crippen molar-refractivity contribution >= 4 is 11.7 Å². The van der Waals surface area contributed by atoms with Gasteiger partial charge < -0.3 is 4.90 Å². The average Bonchev–Trinajstić information content (AvgIpc) is 3.05. The molecule has 0 spiro atoms. The Kier molecular flexibility index (Phi) is 4.89. The molecule has 3 heteroatoms. The van der Waals surface area contributed by atoms with Gasteiger partial charge in [-0.3, -0.25) is 9.59 Å². The van der Waals surface area contributed by atoms with Crippen LogP contribution in [0.4, 0.5) is 0 Å². The highest BCUT2D eigenvalue weighted by Crippen LogP contribution is 2.45. The van der Waals surface area contributed by atoms with Gasteiger partial charge in [-0.05, 0) is 36.1 Å². The standard InChI is InChI=1S/C26H23NO2/c1-19-18-27(25(29)24(19)20(2)28)26(21-12-6-3-7-13-21,22-14-8-4-9-15-22)23-16-10-5-11-17-23/h3-17H,18H2,1-2H3. The Morgan fingerprint density at radius 1 is 0.759 bits per heavy atom. The van der Waals surface area contributed by atoms with E-state index in [1.165, 1.54) is 6.92 Å². The first-order valence-electron chi connectivity index (χ1n) is 9.76. The number of ketones is 1. The number of amides is 1. The van der Waals surface area contributed by atoms with Crippen LogP contribution in [0.1, 0.15) is 30.5 Å². The highest BCUT2D eigenvalue weighted by atomic mass is 16.2. The Balaban J connectivity index is 2.05. The van der Waals surface area contributed by atoms with Crippen molar-refractivity contribution in [1.82, 2.24) is 4.90 Å². The number of carbonyl (C=O) groups excluding carboxylic acids is 2. The Hall–Kier alpha value is -3.46. The summed E-state index contributed by atoms with van der Waals surface area (Å²) in [4.78, 5) is 27.7. The third-order valence-corrected chi connectivity index (χ3v) is 5.61. The van der Waals surface area contributed by atoms with E-state index in [0.717, 1.165) is 22.3 Å². The van der Waals surface area contributed by atoms with Crippen LogP contribution in [0.2, 0.25) is 0 Å². The molecule has 3 aromatic rings. The predicted molar refractivity (Wildman–Crippen MR) is 114 cm³/mol. The Labute approximate surface area is 171 Å². The molecule has 0 saturated heterocycles. The van der Waals surface area contributed by atoms with Crippen LogP contribution in [0.3, 0.4) is 0 Å². The van der Waals surface area contributed by atoms with Crippen LogP contribution in [-0.2, 0) is 15.1 Å². The molecule has 1 amide bonds. The number of rotatable bonds is 5. The van der Waals surface area contributed by atoms with E-state index in [4.69, 9.17) is 0 Å². The molecule has 0 saturated carbocycles. The van der Waals surface area contributed by atoms with E-state index in [1.54, 1.807) is 0 Å². The lowest BCUT2D eigenvalue weighted by atomic mass is 9.75. The Bertz CT molecular complexity index is 973. The number of Topliss-reactive ketones (excluding diaryl/α,β-unsaturated/α-hetero) is 1. The van der Waals surface area contributed by atoms with E-state index in [1.807, 2.05) is 103 Å². The second-order valence-electron chi connectivity index (χ2n) is 7.41. The quantitative estimate of drug-likeness (QED) is 0.473. The van der Waals surface area contributed by atoms with Crippen molar-refractivity contribution in [1.29, 1.82) is 0 Å². The molecule has 0 aromatic heterocycles. The van der Waals surface area contributed by atoms with Gasteiger partial charge in [0.15, 0.2) is 5.78 Å². The van der Waals surface area contributed by atoms with Crippen molar-refractivity contribution in [3.05, 3.63) is 119 Å². The van der Waals surface area contributed by atoms with Crippen LogP contribution in [-0.4, -0.2) is 23.1 Å². The number of nitrogens with zero attached hydrogens (tertiary/aromatic N) is 1. The van der Waals surface area contributed by atoms with Gasteiger partial charge in [0.1, 0.15) is 5.54 Å². The molecule has 144 valence electrons. The third-order valence-electron chi connectivity index (χ3n) is 5.61. The molecular formula is C26H23NO2. The zero-order valence-corrected chi connectivity index (χ0v) is 16.6. The summed E-state index contributed by atoms with van der Waals surface area (Å²) in [7, 11) is 0. The van der Waals surface area contributed by atoms with Crippen LogP contribution >= 0.6 is 0 Å². The minimum Gasteiger partial charge on any atom is -0.316 e. The van der Waals surface area contributed by atoms with Crippen LogP contribution in [0.5, 0.6) is 0 Å². The summed E-state index contributed by atoms with van der Waals surface area (Å²) in [6.07, 6.45) is 0. The molecule has 29 heavy (non-hydrogen) atoms. The maximum Gasteiger partial charge on any atom is 0.259 e. The SMILES string of the molecule is CC(=O)C1=C(C)CN(C(c2ccccc2)(c2ccccc2)c2ccccc2)C1=O. The maximum atomic E-state index is 13.6. The van der Waals surface area contributed by atoms with Crippen molar-refractivity contribution in [2.24, 2.45) is 0 Å². The molecule has 0 N–H and O–H groups in total. The van der Waals surface area contributed by atoms with Gasteiger partial charge >= 0.3 is 0 Å². The average molecular weight is 381 g/mol. The number of carbonyl (C=O) groups is 2. The first-order chi connectivity index (χ1) is 14.1. The summed E-state index contributed by atoms with van der Waals surface area (Å²) in [5.74, 6) is -0.398. The second kappa shape index (κ2) is 7.51. The predicted octanol–water partition coefficient (Wildman–Crippen LogP) is 4.73. The molecule has 0 bridgehead atoms. The lowest BCUT2D eigenvalue weighted by Gasteiger charge is -2.44. The van der Waals surface area contributed by atoms with Crippen LogP contribution in [0.15, 0.2) is 102 Å².